The van der Waals surface area contributed by atoms with E-state index in [1.54, 1.807) is 0 Å². The maximum absolute atomic E-state index is 5.54. The summed E-state index contributed by atoms with van der Waals surface area (Å²) in [6, 6.07) is 56.9. The molecule has 4 nitrogen and oxygen atoms in total. The van der Waals surface area contributed by atoms with Crippen molar-refractivity contribution < 1.29 is 0 Å². The summed E-state index contributed by atoms with van der Waals surface area (Å²) < 4.78 is 7.55. The van der Waals surface area contributed by atoms with Gasteiger partial charge in [0.1, 0.15) is 0 Å². The summed E-state index contributed by atoms with van der Waals surface area (Å²) in [5.74, 6) is 0.745. The number of benzene rings is 7. The molecule has 0 spiro atoms. The molecule has 0 fully saturated rings. The molecule has 254 valence electrons. The van der Waals surface area contributed by atoms with Gasteiger partial charge in [-0.2, -0.15) is 0 Å². The first-order chi connectivity index (χ1) is 26.6. The molecular formula is C49H32N4S. The number of nitrogens with zero attached hydrogens (tertiary/aromatic N) is 4. The highest BCUT2D eigenvalue weighted by atomic mass is 32.1. The molecule has 1 aliphatic heterocycles. The lowest BCUT2D eigenvalue weighted by molar-refractivity contribution is 0.631. The van der Waals surface area contributed by atoms with Crippen LogP contribution in [0.1, 0.15) is 25.0 Å². The van der Waals surface area contributed by atoms with Crippen LogP contribution >= 0.6 is 11.3 Å². The molecule has 0 saturated carbocycles. The average Bonchev–Trinajstić information content (AvgIpc) is 3.87. The molecule has 0 unspecified atom stereocenters. The number of aromatic nitrogens is 4. The fourth-order valence-corrected chi connectivity index (χ4v) is 10.6. The van der Waals surface area contributed by atoms with Gasteiger partial charge in [0.2, 0.25) is 0 Å². The molecule has 7 aromatic carbocycles. The minimum absolute atomic E-state index is 0.301. The molecule has 0 N–H and O–H groups in total. The van der Waals surface area contributed by atoms with E-state index in [0.29, 0.717) is 0 Å². The van der Waals surface area contributed by atoms with Crippen LogP contribution in [0, 0.1) is 0 Å². The van der Waals surface area contributed by atoms with Crippen LogP contribution in [0.15, 0.2) is 158 Å². The second-order valence-electron chi connectivity index (χ2n) is 15.0. The fraction of sp³-hybridized carbons (Fsp3) is 0.0612. The SMILES string of the molecule is CC1(C)c2c(-c3nc(-c4ccc5c(c4)c4ccccc4n5-c4ccccc4)c4ccccc4n3)cccc2-n2c3c1cccc3c1sc3ccccc3c12. The van der Waals surface area contributed by atoms with Crippen LogP contribution in [-0.4, -0.2) is 19.1 Å². The van der Waals surface area contributed by atoms with Gasteiger partial charge in [-0.05, 0) is 59.7 Å². The van der Waals surface area contributed by atoms with E-state index >= 15 is 0 Å². The molecule has 0 atom stereocenters. The lowest BCUT2D eigenvalue weighted by Gasteiger charge is -2.36. The highest BCUT2D eigenvalue weighted by molar-refractivity contribution is 7.26. The lowest BCUT2D eigenvalue weighted by Crippen LogP contribution is -2.27. The Hall–Kier alpha value is -6.56. The smallest absolute Gasteiger partial charge is 0.160 e. The van der Waals surface area contributed by atoms with Crippen molar-refractivity contribution >= 4 is 75.3 Å². The monoisotopic (exact) mass is 708 g/mol. The molecule has 0 radical (unpaired) electrons. The number of hydrogen-bond acceptors (Lipinski definition) is 3. The average molecular weight is 709 g/mol. The second-order valence-corrected chi connectivity index (χ2v) is 16.0. The molecule has 1 aliphatic rings. The quantitative estimate of drug-likeness (QED) is 0.183. The summed E-state index contributed by atoms with van der Waals surface area (Å²) in [6.07, 6.45) is 0. The van der Waals surface area contributed by atoms with Gasteiger partial charge in [-0.3, -0.25) is 0 Å². The summed E-state index contributed by atoms with van der Waals surface area (Å²) in [5, 5.41) is 6.08. The third-order valence-electron chi connectivity index (χ3n) is 11.7. The third kappa shape index (κ3) is 3.91. The fourth-order valence-electron chi connectivity index (χ4n) is 9.36. The van der Waals surface area contributed by atoms with Gasteiger partial charge in [0.25, 0.3) is 0 Å². The Morgan fingerprint density at radius 3 is 2.15 bits per heavy atom. The maximum atomic E-state index is 5.54. The van der Waals surface area contributed by atoms with Crippen molar-refractivity contribution in [2.24, 2.45) is 0 Å². The van der Waals surface area contributed by atoms with Gasteiger partial charge in [0.15, 0.2) is 5.82 Å². The molecule has 11 aromatic rings. The maximum Gasteiger partial charge on any atom is 0.160 e. The largest absolute Gasteiger partial charge is 0.309 e. The minimum Gasteiger partial charge on any atom is -0.309 e. The van der Waals surface area contributed by atoms with Crippen LogP contribution < -0.4 is 0 Å². The molecule has 54 heavy (non-hydrogen) atoms. The van der Waals surface area contributed by atoms with E-state index in [0.717, 1.165) is 39.2 Å². The molecule has 5 heteroatoms. The standard InChI is InChI=1S/C49H32N4S/c1-49(2)37-21-12-20-35-45(37)53(46-33-18-8-11-25-42(33)54-47(35)46)41-24-13-19-34(43(41)49)48-50-38-22-9-6-17-32(38)44(51-48)29-26-27-40-36(28-29)31-16-7-10-23-39(31)52(40)30-14-4-3-5-15-30/h3-28H,1-2H3. The predicted octanol–water partition coefficient (Wildman–Crippen LogP) is 13.0. The van der Waals surface area contributed by atoms with E-state index < -0.39 is 0 Å². The van der Waals surface area contributed by atoms with Crippen molar-refractivity contribution in [2.75, 3.05) is 0 Å². The third-order valence-corrected chi connectivity index (χ3v) is 12.9. The van der Waals surface area contributed by atoms with Crippen LogP contribution in [-0.2, 0) is 5.41 Å². The van der Waals surface area contributed by atoms with Crippen molar-refractivity contribution in [1.29, 1.82) is 0 Å². The Bertz CT molecular complexity index is 3360. The van der Waals surface area contributed by atoms with Crippen LogP contribution in [0.25, 0.3) is 97.9 Å². The van der Waals surface area contributed by atoms with Crippen molar-refractivity contribution in [3.63, 3.8) is 0 Å². The molecular weight excluding hydrogens is 677 g/mol. The van der Waals surface area contributed by atoms with E-state index in [4.69, 9.17) is 9.97 Å². The Morgan fingerprint density at radius 1 is 0.537 bits per heavy atom. The molecule has 0 saturated heterocycles. The number of rotatable bonds is 3. The predicted molar refractivity (Wildman–Crippen MR) is 227 cm³/mol. The normalized spacial score (nSPS) is 13.5. The summed E-state index contributed by atoms with van der Waals surface area (Å²) in [7, 11) is 0. The van der Waals surface area contributed by atoms with Crippen LogP contribution in [0.2, 0.25) is 0 Å². The van der Waals surface area contributed by atoms with Crippen molar-refractivity contribution in [1.82, 2.24) is 19.1 Å². The molecule has 4 aromatic heterocycles. The van der Waals surface area contributed by atoms with Crippen LogP contribution in [0.5, 0.6) is 0 Å². The number of para-hydroxylation sites is 4. The Kier molecular flexibility index (Phi) is 5.96. The number of hydrogen-bond donors (Lipinski definition) is 0. The van der Waals surface area contributed by atoms with E-state index in [1.807, 2.05) is 11.3 Å². The Labute approximate surface area is 315 Å². The van der Waals surface area contributed by atoms with Crippen LogP contribution in [0.3, 0.4) is 0 Å². The molecule has 0 bridgehead atoms. The zero-order valence-corrected chi connectivity index (χ0v) is 30.5. The molecule has 0 amide bonds. The second kappa shape index (κ2) is 10.8. The molecule has 12 rings (SSSR count). The van der Waals surface area contributed by atoms with Gasteiger partial charge in [0.05, 0.1) is 43.7 Å². The Morgan fingerprint density at radius 2 is 1.26 bits per heavy atom. The topological polar surface area (TPSA) is 35.6 Å². The molecule has 0 aliphatic carbocycles. The summed E-state index contributed by atoms with van der Waals surface area (Å²) in [5.41, 5.74) is 13.6. The highest BCUT2D eigenvalue weighted by Gasteiger charge is 2.38. The van der Waals surface area contributed by atoms with Gasteiger partial charge < -0.3 is 9.13 Å². The van der Waals surface area contributed by atoms with Gasteiger partial charge in [-0.1, -0.05) is 123 Å². The van der Waals surface area contributed by atoms with E-state index in [9.17, 15) is 0 Å². The van der Waals surface area contributed by atoms with Gasteiger partial charge >= 0.3 is 0 Å². The zero-order valence-electron chi connectivity index (χ0n) is 29.7. The summed E-state index contributed by atoms with van der Waals surface area (Å²) >= 11 is 1.89. The van der Waals surface area contributed by atoms with Gasteiger partial charge in [-0.25, -0.2) is 9.97 Å². The van der Waals surface area contributed by atoms with Gasteiger partial charge in [0, 0.05) is 53.9 Å². The van der Waals surface area contributed by atoms with E-state index in [1.165, 1.54) is 69.8 Å². The zero-order chi connectivity index (χ0) is 35.7. The Balaban J connectivity index is 1.13. The minimum atomic E-state index is -0.301. The van der Waals surface area contributed by atoms with Crippen molar-refractivity contribution in [3.8, 4) is 34.0 Å². The van der Waals surface area contributed by atoms with Crippen LogP contribution in [0.4, 0.5) is 0 Å². The van der Waals surface area contributed by atoms with E-state index in [-0.39, 0.29) is 5.41 Å². The van der Waals surface area contributed by atoms with Gasteiger partial charge in [-0.15, -0.1) is 11.3 Å². The summed E-state index contributed by atoms with van der Waals surface area (Å²) in [6.45, 7) is 4.73. The molecule has 5 heterocycles. The first-order valence-corrected chi connectivity index (χ1v) is 19.3. The van der Waals surface area contributed by atoms with E-state index in [2.05, 4.69) is 181 Å². The lowest BCUT2D eigenvalue weighted by atomic mass is 9.72. The summed E-state index contributed by atoms with van der Waals surface area (Å²) in [4.78, 5) is 10.9. The first-order valence-electron chi connectivity index (χ1n) is 18.5. The van der Waals surface area contributed by atoms with Crippen molar-refractivity contribution in [2.45, 2.75) is 19.3 Å². The highest BCUT2D eigenvalue weighted by Crippen LogP contribution is 2.52. The van der Waals surface area contributed by atoms with Crippen molar-refractivity contribution in [3.05, 3.63) is 169 Å². The number of thiophene rings is 1. The first kappa shape index (κ1) is 30.0. The number of fused-ring (bicyclic) bond motifs is 11.